The monoisotopic (exact) mass is 1190 g/mol. The Morgan fingerprint density at radius 1 is 0.410 bits per heavy atom. The largest absolute Gasteiger partial charge is 0.472 e. The van der Waals surface area contributed by atoms with E-state index in [1.165, 1.54) is 321 Å². The van der Waals surface area contributed by atoms with Crippen LogP contribution in [0.25, 0.3) is 0 Å². The van der Waals surface area contributed by atoms with Crippen molar-refractivity contribution < 1.29 is 32.9 Å². The maximum absolute atomic E-state index is 13.1. The van der Waals surface area contributed by atoms with Crippen molar-refractivity contribution in [2.75, 3.05) is 40.9 Å². The second kappa shape index (κ2) is 65.2. The van der Waals surface area contributed by atoms with E-state index in [1.807, 2.05) is 27.2 Å². The molecule has 3 unspecified atom stereocenters. The minimum atomic E-state index is -4.35. The Labute approximate surface area is 518 Å². The predicted molar refractivity (Wildman–Crippen MR) is 365 cm³/mol. The Bertz CT molecular complexity index is 1450. The molecule has 83 heavy (non-hydrogen) atoms. The lowest BCUT2D eigenvalue weighted by Crippen LogP contribution is -2.45. The fraction of sp³-hybridized carbons (Fsp3) is 0.905. The summed E-state index contributed by atoms with van der Waals surface area (Å²) in [5.41, 5.74) is 0. The van der Waals surface area contributed by atoms with Crippen LogP contribution in [0.4, 0.5) is 0 Å². The average molecular weight is 1190 g/mol. The summed E-state index contributed by atoms with van der Waals surface area (Å²) in [4.78, 5) is 23.4. The van der Waals surface area contributed by atoms with Gasteiger partial charge in [0.15, 0.2) is 0 Å². The van der Waals surface area contributed by atoms with Crippen LogP contribution < -0.4 is 5.32 Å². The van der Waals surface area contributed by atoms with Gasteiger partial charge in [0.2, 0.25) is 5.91 Å². The minimum absolute atomic E-state index is 0.0642. The molecule has 0 aliphatic rings. The van der Waals surface area contributed by atoms with Gasteiger partial charge in [0.25, 0.3) is 0 Å². The number of nitrogens with zero attached hydrogens (tertiary/aromatic N) is 1. The number of likely N-dealkylation sites (N-methyl/N-ethyl adjacent to an activating group) is 1. The molecule has 0 saturated carbocycles. The molecule has 9 heteroatoms. The van der Waals surface area contributed by atoms with Crippen molar-refractivity contribution in [3.63, 3.8) is 0 Å². The van der Waals surface area contributed by atoms with E-state index < -0.39 is 20.0 Å². The van der Waals surface area contributed by atoms with Gasteiger partial charge in [-0.3, -0.25) is 13.8 Å². The second-order valence-electron chi connectivity index (χ2n) is 26.7. The van der Waals surface area contributed by atoms with Crippen molar-refractivity contribution >= 4 is 13.7 Å². The van der Waals surface area contributed by atoms with Crippen LogP contribution in [-0.4, -0.2) is 73.4 Å². The molecular formula is C74H146N2O6P+. The van der Waals surface area contributed by atoms with Gasteiger partial charge in [-0.25, -0.2) is 4.57 Å². The molecule has 0 heterocycles. The third kappa shape index (κ3) is 68.1. The topological polar surface area (TPSA) is 105 Å². The highest BCUT2D eigenvalue weighted by Crippen LogP contribution is 2.43. The zero-order valence-electron chi connectivity index (χ0n) is 56.5. The van der Waals surface area contributed by atoms with Gasteiger partial charge in [-0.1, -0.05) is 359 Å². The zero-order valence-corrected chi connectivity index (χ0v) is 57.4. The van der Waals surface area contributed by atoms with E-state index in [2.05, 4.69) is 43.5 Å². The summed E-state index contributed by atoms with van der Waals surface area (Å²) in [6, 6.07) is -0.846. The van der Waals surface area contributed by atoms with E-state index in [0.29, 0.717) is 17.4 Å². The molecule has 492 valence electrons. The Kier molecular flexibility index (Phi) is 64.2. The predicted octanol–water partition coefficient (Wildman–Crippen LogP) is 23.6. The molecule has 0 saturated heterocycles. The number of hydrogen-bond acceptors (Lipinski definition) is 5. The Balaban J connectivity index is 3.96. The number of allylic oxidation sites excluding steroid dienone is 5. The molecular weight excluding hydrogens is 1040 g/mol. The molecule has 0 aliphatic heterocycles. The highest BCUT2D eigenvalue weighted by Gasteiger charge is 2.28. The number of unbranched alkanes of at least 4 members (excludes halogenated alkanes) is 52. The number of carbonyl (C=O) groups is 1. The van der Waals surface area contributed by atoms with Gasteiger partial charge < -0.3 is 19.8 Å². The molecule has 0 aromatic rings. The van der Waals surface area contributed by atoms with Gasteiger partial charge in [0.1, 0.15) is 13.2 Å². The molecule has 0 aliphatic carbocycles. The number of amides is 1. The maximum Gasteiger partial charge on any atom is 0.472 e. The molecule has 3 N–H and O–H groups in total. The number of rotatable bonds is 69. The maximum atomic E-state index is 13.1. The first-order chi connectivity index (χ1) is 40.5. The first-order valence-electron chi connectivity index (χ1n) is 36.9. The molecule has 0 bridgehead atoms. The number of aliphatic hydroxyl groups is 1. The van der Waals surface area contributed by atoms with Gasteiger partial charge in [-0.15, -0.1) is 0 Å². The van der Waals surface area contributed by atoms with Crippen molar-refractivity contribution in [1.29, 1.82) is 0 Å². The van der Waals surface area contributed by atoms with E-state index >= 15 is 0 Å². The van der Waals surface area contributed by atoms with Crippen LogP contribution in [-0.2, 0) is 18.4 Å². The molecule has 8 nitrogen and oxygen atoms in total. The van der Waals surface area contributed by atoms with Crippen LogP contribution in [0.15, 0.2) is 36.5 Å². The summed E-state index contributed by atoms with van der Waals surface area (Å²) >= 11 is 0. The fourth-order valence-electron chi connectivity index (χ4n) is 11.4. The highest BCUT2D eigenvalue weighted by atomic mass is 31.2. The lowest BCUT2D eigenvalue weighted by molar-refractivity contribution is -0.870. The first kappa shape index (κ1) is 81.7. The number of nitrogens with one attached hydrogen (secondary N) is 1. The number of aliphatic hydroxyl groups excluding tert-OH is 1. The van der Waals surface area contributed by atoms with E-state index in [-0.39, 0.29) is 19.1 Å². The van der Waals surface area contributed by atoms with Crippen molar-refractivity contribution in [3.8, 4) is 0 Å². The molecule has 0 spiro atoms. The van der Waals surface area contributed by atoms with Gasteiger partial charge in [0.05, 0.1) is 39.9 Å². The molecule has 0 rings (SSSR count). The van der Waals surface area contributed by atoms with E-state index in [0.717, 1.165) is 38.5 Å². The van der Waals surface area contributed by atoms with Gasteiger partial charge in [-0.2, -0.15) is 0 Å². The Hall–Kier alpha value is -1.28. The summed E-state index contributed by atoms with van der Waals surface area (Å²) in [6.07, 6.45) is 87.4. The number of quaternary nitrogens is 1. The summed E-state index contributed by atoms with van der Waals surface area (Å²) < 4.78 is 23.8. The van der Waals surface area contributed by atoms with Gasteiger partial charge in [0, 0.05) is 6.42 Å². The smallest absolute Gasteiger partial charge is 0.387 e. The zero-order chi connectivity index (χ0) is 60.5. The summed E-state index contributed by atoms with van der Waals surface area (Å²) in [7, 11) is 1.59. The van der Waals surface area contributed by atoms with Crippen molar-refractivity contribution in [2.45, 2.75) is 392 Å². The third-order valence-corrected chi connectivity index (χ3v) is 18.1. The lowest BCUT2D eigenvalue weighted by atomic mass is 10.0. The lowest BCUT2D eigenvalue weighted by Gasteiger charge is -2.25. The highest BCUT2D eigenvalue weighted by molar-refractivity contribution is 7.47. The average Bonchev–Trinajstić information content (AvgIpc) is 3.50. The Morgan fingerprint density at radius 2 is 0.687 bits per heavy atom. The van der Waals surface area contributed by atoms with Crippen LogP contribution in [0, 0.1) is 0 Å². The fourth-order valence-corrected chi connectivity index (χ4v) is 12.1. The van der Waals surface area contributed by atoms with Crippen LogP contribution >= 0.6 is 7.82 Å². The summed E-state index contributed by atoms with van der Waals surface area (Å²) in [5.74, 6) is -0.168. The van der Waals surface area contributed by atoms with E-state index in [1.54, 1.807) is 6.08 Å². The Morgan fingerprint density at radius 3 is 0.988 bits per heavy atom. The van der Waals surface area contributed by atoms with Crippen LogP contribution in [0.2, 0.25) is 0 Å². The summed E-state index contributed by atoms with van der Waals surface area (Å²) in [6.45, 7) is 4.87. The molecule has 0 radical (unpaired) electrons. The van der Waals surface area contributed by atoms with Gasteiger partial charge >= 0.3 is 7.82 Å². The number of hydrogen-bond donors (Lipinski definition) is 3. The SMILES string of the molecule is CCCCCCC/C=C\C/C=C\CCCCCCCCCCCCCCCCCCCCCCCCCCCC(=O)NC(COP(=O)(O)OCC[N+](C)(C)C)C(O)/C=C/CCCCCCCCCCCCCCCCCCCCCCCC. The first-order valence-corrected chi connectivity index (χ1v) is 38.4. The normalized spacial score (nSPS) is 13.8. The molecule has 0 aromatic heterocycles. The second-order valence-corrected chi connectivity index (χ2v) is 28.1. The van der Waals surface area contributed by atoms with Crippen LogP contribution in [0.1, 0.15) is 380 Å². The molecule has 3 atom stereocenters. The molecule has 1 amide bonds. The number of carbonyl (C=O) groups excluding carboxylic acids is 1. The number of phosphoric acid groups is 1. The van der Waals surface area contributed by atoms with E-state index in [9.17, 15) is 19.4 Å². The molecule has 0 fully saturated rings. The van der Waals surface area contributed by atoms with Crippen LogP contribution in [0.5, 0.6) is 0 Å². The number of phosphoric ester groups is 1. The van der Waals surface area contributed by atoms with Crippen molar-refractivity contribution in [1.82, 2.24) is 5.32 Å². The van der Waals surface area contributed by atoms with Gasteiger partial charge in [-0.05, 0) is 51.4 Å². The summed E-state index contributed by atoms with van der Waals surface area (Å²) in [5, 5.41) is 14.0. The van der Waals surface area contributed by atoms with Crippen LogP contribution in [0.3, 0.4) is 0 Å². The third-order valence-electron chi connectivity index (χ3n) is 17.1. The standard InChI is InChI=1S/C74H145N2O6P/c1-6-8-10-12-14-16-18-20-22-24-26-28-30-32-33-34-35-36-37-38-39-40-41-42-43-44-46-48-50-52-54-56-58-60-62-64-66-68-74(78)75-72(71-82-83(79,80)81-70-69-76(3,4)5)73(77)67-65-63-61-59-57-55-53-51-49-47-45-31-29-27-25-23-21-19-17-15-13-11-9-7-2/h18,20,24,26,65,67,72-73,77H,6-17,19,21-23,25,27-64,66,68-71H2,1-5H3,(H-,75,78,79,80)/p+1/b20-18-,26-24-,67-65+. The molecule has 0 aromatic carbocycles. The quantitative estimate of drug-likeness (QED) is 0.0243. The van der Waals surface area contributed by atoms with Crippen molar-refractivity contribution in [2.24, 2.45) is 0 Å². The van der Waals surface area contributed by atoms with Crippen molar-refractivity contribution in [3.05, 3.63) is 36.5 Å². The minimum Gasteiger partial charge on any atom is -0.387 e. The van der Waals surface area contributed by atoms with E-state index in [4.69, 9.17) is 9.05 Å².